The third kappa shape index (κ3) is 5.73. The molecule has 1 aliphatic rings. The summed E-state index contributed by atoms with van der Waals surface area (Å²) in [6, 6.07) is 26.9. The highest BCUT2D eigenvalue weighted by atomic mass is 32.2. The summed E-state index contributed by atoms with van der Waals surface area (Å²) in [5.74, 6) is 0.409. The van der Waals surface area contributed by atoms with E-state index in [1.54, 1.807) is 0 Å². The monoisotopic (exact) mass is 481 g/mol. The number of anilines is 2. The highest BCUT2D eigenvalue weighted by Gasteiger charge is 2.29. The molecule has 176 valence electrons. The number of hydrogen-bond acceptors (Lipinski definition) is 6. The lowest BCUT2D eigenvalue weighted by molar-refractivity contribution is -0.113. The van der Waals surface area contributed by atoms with Gasteiger partial charge in [-0.05, 0) is 48.4 Å². The third-order valence-corrected chi connectivity index (χ3v) is 6.66. The largest absolute Gasteiger partial charge is 0.378 e. The minimum atomic E-state index is -0.454. The number of thioether (sulfide) groups is 1. The van der Waals surface area contributed by atoms with Gasteiger partial charge in [-0.3, -0.25) is 4.79 Å². The molecule has 0 unspecified atom stereocenters. The Morgan fingerprint density at radius 2 is 1.74 bits per heavy atom. The highest BCUT2D eigenvalue weighted by Crippen LogP contribution is 2.34. The number of amidine groups is 1. The van der Waals surface area contributed by atoms with Crippen LogP contribution in [0.25, 0.3) is 0 Å². The summed E-state index contributed by atoms with van der Waals surface area (Å²) in [5, 5.41) is 16.4. The molecule has 2 N–H and O–H groups in total. The van der Waals surface area contributed by atoms with Gasteiger partial charge in [-0.25, -0.2) is 4.99 Å². The van der Waals surface area contributed by atoms with Gasteiger partial charge in [0.2, 0.25) is 0 Å². The number of nitriles is 1. The van der Waals surface area contributed by atoms with Crippen LogP contribution in [0.2, 0.25) is 0 Å². The summed E-state index contributed by atoms with van der Waals surface area (Å²) in [4.78, 5) is 20.4. The Balaban J connectivity index is 1.64. The van der Waals surface area contributed by atoms with E-state index in [2.05, 4.69) is 16.7 Å². The number of carbonyl (C=O) groups excluding carboxylic acids is 1. The van der Waals surface area contributed by atoms with Crippen molar-refractivity contribution in [2.75, 3.05) is 24.3 Å². The van der Waals surface area contributed by atoms with Crippen LogP contribution in [0.4, 0.5) is 11.4 Å². The van der Waals surface area contributed by atoms with Crippen LogP contribution in [0.5, 0.6) is 0 Å². The van der Waals surface area contributed by atoms with Crippen LogP contribution in [0.3, 0.4) is 0 Å². The van der Waals surface area contributed by atoms with E-state index in [1.807, 2.05) is 105 Å². The highest BCUT2D eigenvalue weighted by molar-refractivity contribution is 8.13. The Morgan fingerprint density at radius 3 is 2.43 bits per heavy atom. The number of benzene rings is 3. The molecule has 1 atom stereocenters. The predicted octanol–water partition coefficient (Wildman–Crippen LogP) is 5.47. The fraction of sp³-hybridized carbons (Fsp3) is 0.179. The number of allylic oxidation sites excluding steroid dienone is 1. The Labute approximate surface area is 210 Å². The van der Waals surface area contributed by atoms with Gasteiger partial charge in [0.1, 0.15) is 6.04 Å². The average molecular weight is 482 g/mol. The van der Waals surface area contributed by atoms with E-state index in [0.717, 1.165) is 28.2 Å². The number of carbonyl (C=O) groups is 1. The molecule has 0 spiro atoms. The van der Waals surface area contributed by atoms with Crippen LogP contribution in [0.1, 0.15) is 29.7 Å². The Kier molecular flexibility index (Phi) is 7.54. The molecule has 4 rings (SSSR count). The molecule has 1 heterocycles. The standard InChI is InChI=1S/C28H27N5OS/c1-19-25(27(34)31-23-11-5-4-6-12-23)26(20-13-15-24(16-14-20)33(2)3)32-28(30-19)35-18-22-10-8-7-9-21(22)17-29/h4-16,26H,18H2,1-3H3,(H,30,32)(H,31,34)/t26-/m1/s1. The van der Waals surface area contributed by atoms with Crippen LogP contribution in [-0.2, 0) is 10.5 Å². The summed E-state index contributed by atoms with van der Waals surface area (Å²) in [5.41, 5.74) is 5.68. The summed E-state index contributed by atoms with van der Waals surface area (Å²) < 4.78 is 0. The predicted molar refractivity (Wildman–Crippen MR) is 144 cm³/mol. The van der Waals surface area contributed by atoms with Crippen LogP contribution in [0.15, 0.2) is 95.1 Å². The van der Waals surface area contributed by atoms with Crippen molar-refractivity contribution in [3.63, 3.8) is 0 Å². The molecule has 35 heavy (non-hydrogen) atoms. The molecule has 0 bridgehead atoms. The van der Waals surface area contributed by atoms with Crippen molar-refractivity contribution in [3.05, 3.63) is 107 Å². The molecule has 0 saturated heterocycles. The first-order valence-electron chi connectivity index (χ1n) is 11.3. The van der Waals surface area contributed by atoms with E-state index in [4.69, 9.17) is 4.99 Å². The Hall–Kier alpha value is -4.02. The van der Waals surface area contributed by atoms with Gasteiger partial charge in [0.25, 0.3) is 5.91 Å². The van der Waals surface area contributed by atoms with Crippen LogP contribution in [-0.4, -0.2) is 25.2 Å². The lowest BCUT2D eigenvalue weighted by Gasteiger charge is -2.27. The molecule has 3 aromatic rings. The molecule has 0 radical (unpaired) electrons. The second-order valence-electron chi connectivity index (χ2n) is 8.36. The smallest absolute Gasteiger partial charge is 0.255 e. The summed E-state index contributed by atoms with van der Waals surface area (Å²) in [7, 11) is 3.99. The summed E-state index contributed by atoms with van der Waals surface area (Å²) >= 11 is 1.52. The molecule has 0 aliphatic carbocycles. The van der Waals surface area contributed by atoms with Crippen molar-refractivity contribution >= 4 is 34.2 Å². The number of nitrogens with one attached hydrogen (secondary N) is 2. The van der Waals surface area contributed by atoms with Crippen molar-refractivity contribution in [2.24, 2.45) is 4.99 Å². The fourth-order valence-electron chi connectivity index (χ4n) is 3.83. The lowest BCUT2D eigenvalue weighted by Crippen LogP contribution is -2.32. The Morgan fingerprint density at radius 1 is 1.06 bits per heavy atom. The summed E-state index contributed by atoms with van der Waals surface area (Å²) in [6.07, 6.45) is 0. The van der Waals surface area contributed by atoms with Gasteiger partial charge in [-0.1, -0.05) is 60.3 Å². The minimum Gasteiger partial charge on any atom is -0.378 e. The molecule has 6 nitrogen and oxygen atoms in total. The zero-order chi connectivity index (χ0) is 24.8. The van der Waals surface area contributed by atoms with E-state index in [1.165, 1.54) is 11.8 Å². The molecular formula is C28H27N5OS. The van der Waals surface area contributed by atoms with E-state index >= 15 is 0 Å². The van der Waals surface area contributed by atoms with E-state index in [9.17, 15) is 10.1 Å². The Bertz CT molecular complexity index is 1310. The molecule has 7 heteroatoms. The normalized spacial score (nSPS) is 15.0. The van der Waals surface area contributed by atoms with Crippen LogP contribution in [0, 0.1) is 11.3 Å². The molecule has 3 aromatic carbocycles. The van der Waals surface area contributed by atoms with Gasteiger partial charge in [0.15, 0.2) is 5.17 Å². The molecule has 1 aliphatic heterocycles. The van der Waals surface area contributed by atoms with Crippen LogP contribution >= 0.6 is 11.8 Å². The zero-order valence-corrected chi connectivity index (χ0v) is 20.8. The number of amides is 1. The fourth-order valence-corrected chi connectivity index (χ4v) is 4.78. The van der Waals surface area contributed by atoms with Crippen molar-refractivity contribution in [1.29, 1.82) is 5.26 Å². The van der Waals surface area contributed by atoms with Gasteiger partial charge in [-0.2, -0.15) is 5.26 Å². The van der Waals surface area contributed by atoms with E-state index < -0.39 is 6.04 Å². The SMILES string of the molecule is CC1=C(C(=O)Nc2ccccc2)[C@@H](c2ccc(N(C)C)cc2)N=C(SCc2ccccc2C#N)N1. The van der Waals surface area contributed by atoms with Gasteiger partial charge < -0.3 is 15.5 Å². The maximum absolute atomic E-state index is 13.4. The molecular weight excluding hydrogens is 454 g/mol. The van der Waals surface area contributed by atoms with Gasteiger partial charge in [0, 0.05) is 36.9 Å². The molecule has 0 fully saturated rings. The topological polar surface area (TPSA) is 80.5 Å². The number of rotatable bonds is 6. The molecule has 0 saturated carbocycles. The molecule has 0 aromatic heterocycles. The first kappa shape index (κ1) is 24.1. The van der Waals surface area contributed by atoms with Crippen LogP contribution < -0.4 is 15.5 Å². The minimum absolute atomic E-state index is 0.189. The second kappa shape index (κ2) is 10.9. The van der Waals surface area contributed by atoms with Gasteiger partial charge in [0.05, 0.1) is 17.2 Å². The first-order valence-corrected chi connectivity index (χ1v) is 12.2. The van der Waals surface area contributed by atoms with Gasteiger partial charge in [-0.15, -0.1) is 0 Å². The maximum atomic E-state index is 13.4. The van der Waals surface area contributed by atoms with Crippen molar-refractivity contribution in [1.82, 2.24) is 5.32 Å². The quantitative estimate of drug-likeness (QED) is 0.488. The second-order valence-corrected chi connectivity index (χ2v) is 9.33. The first-order chi connectivity index (χ1) is 17.0. The molecule has 1 amide bonds. The lowest BCUT2D eigenvalue weighted by atomic mass is 9.95. The summed E-state index contributed by atoms with van der Waals surface area (Å²) in [6.45, 7) is 1.90. The number of hydrogen-bond donors (Lipinski definition) is 2. The number of para-hydroxylation sites is 1. The van der Waals surface area contributed by atoms with Crippen molar-refractivity contribution in [2.45, 2.75) is 18.7 Å². The zero-order valence-electron chi connectivity index (χ0n) is 19.9. The van der Waals surface area contributed by atoms with E-state index in [-0.39, 0.29) is 5.91 Å². The average Bonchev–Trinajstić information content (AvgIpc) is 2.87. The third-order valence-electron chi connectivity index (χ3n) is 5.72. The number of nitrogens with zero attached hydrogens (tertiary/aromatic N) is 3. The van der Waals surface area contributed by atoms with E-state index in [0.29, 0.717) is 22.1 Å². The van der Waals surface area contributed by atoms with Crippen molar-refractivity contribution in [3.8, 4) is 6.07 Å². The maximum Gasteiger partial charge on any atom is 0.255 e. The van der Waals surface area contributed by atoms with Crippen molar-refractivity contribution < 1.29 is 4.79 Å². The number of aliphatic imine (C=N–C) groups is 1. The van der Waals surface area contributed by atoms with Gasteiger partial charge >= 0.3 is 0 Å².